The fraction of sp³-hybridized carbons (Fsp3) is 0.619. The molecule has 0 aromatic heterocycles. The summed E-state index contributed by atoms with van der Waals surface area (Å²) < 4.78 is 12.0. The fourth-order valence-corrected chi connectivity index (χ4v) is 5.09. The molecule has 1 aromatic carbocycles. The van der Waals surface area contributed by atoms with Gasteiger partial charge in [-0.3, -0.25) is 0 Å². The quantitative estimate of drug-likeness (QED) is 0.271. The highest BCUT2D eigenvalue weighted by molar-refractivity contribution is 7.98. The molecule has 0 aliphatic heterocycles. The second kappa shape index (κ2) is 9.14. The smallest absolute Gasteiger partial charge is 0.192 e. The third-order valence-corrected chi connectivity index (χ3v) is 10.9. The SMILES string of the molecule is C[C@@H]1[C@H](O[Si](C)(C)C(C)(C)C)[C@@H](C)C=C(SOOc2ccccc2)C[C@H]1O. The number of rotatable bonds is 6. The second-order valence-electron chi connectivity index (χ2n) is 9.01. The summed E-state index contributed by atoms with van der Waals surface area (Å²) in [5, 5.41) is 10.9. The topological polar surface area (TPSA) is 47.9 Å². The van der Waals surface area contributed by atoms with Crippen molar-refractivity contribution in [2.24, 2.45) is 11.8 Å². The van der Waals surface area contributed by atoms with Gasteiger partial charge in [-0.2, -0.15) is 0 Å². The summed E-state index contributed by atoms with van der Waals surface area (Å²) in [6, 6.07) is 9.39. The van der Waals surface area contributed by atoms with Gasteiger partial charge >= 0.3 is 0 Å². The Morgan fingerprint density at radius 3 is 2.33 bits per heavy atom. The van der Waals surface area contributed by atoms with Gasteiger partial charge in [-0.05, 0) is 30.3 Å². The minimum atomic E-state index is -1.92. The molecule has 0 amide bonds. The Balaban J connectivity index is 2.05. The largest absolute Gasteiger partial charge is 0.413 e. The van der Waals surface area contributed by atoms with Gasteiger partial charge in [-0.1, -0.05) is 58.9 Å². The van der Waals surface area contributed by atoms with Crippen LogP contribution in [0.1, 0.15) is 41.0 Å². The predicted octanol–water partition coefficient (Wildman–Crippen LogP) is 5.96. The standard InChI is InChI=1S/C21H34O4SSi/c1-15-13-18(26-25-23-17-11-9-8-10-12-17)14-19(22)16(2)20(15)24-27(6,7)21(3,4)5/h8-13,15-16,19-20,22H,14H2,1-7H3/t15-,16-,19+,20+/m0/s1. The van der Waals surface area contributed by atoms with E-state index >= 15 is 0 Å². The molecule has 4 atom stereocenters. The monoisotopic (exact) mass is 410 g/mol. The molecule has 152 valence electrons. The average Bonchev–Trinajstić information content (AvgIpc) is 2.67. The van der Waals surface area contributed by atoms with E-state index in [0.717, 1.165) is 4.91 Å². The molecule has 1 aliphatic carbocycles. The molecule has 6 heteroatoms. The maximum absolute atomic E-state index is 10.7. The van der Waals surface area contributed by atoms with E-state index in [2.05, 4.69) is 53.8 Å². The molecular weight excluding hydrogens is 376 g/mol. The highest BCUT2D eigenvalue weighted by Gasteiger charge is 2.43. The van der Waals surface area contributed by atoms with E-state index in [9.17, 15) is 5.11 Å². The average molecular weight is 411 g/mol. The predicted molar refractivity (Wildman–Crippen MR) is 115 cm³/mol. The third-order valence-electron chi connectivity index (χ3n) is 5.75. The number of hydrogen-bond acceptors (Lipinski definition) is 5. The Kier molecular flexibility index (Phi) is 7.61. The Labute approximate surface area is 169 Å². The first kappa shape index (κ1) is 22.5. The molecule has 1 aromatic rings. The van der Waals surface area contributed by atoms with Crippen molar-refractivity contribution in [3.63, 3.8) is 0 Å². The summed E-state index contributed by atoms with van der Waals surface area (Å²) in [4.78, 5) is 6.29. The lowest BCUT2D eigenvalue weighted by Crippen LogP contribution is -2.48. The van der Waals surface area contributed by atoms with Gasteiger partial charge < -0.3 is 14.4 Å². The van der Waals surface area contributed by atoms with Crippen molar-refractivity contribution in [2.75, 3.05) is 0 Å². The summed E-state index contributed by atoms with van der Waals surface area (Å²) in [5.74, 6) is 0.896. The van der Waals surface area contributed by atoms with Crippen LogP contribution in [0.15, 0.2) is 41.3 Å². The van der Waals surface area contributed by atoms with Crippen LogP contribution in [0.25, 0.3) is 0 Å². The molecule has 1 N–H and O–H groups in total. The zero-order valence-corrected chi connectivity index (χ0v) is 19.4. The molecule has 0 spiro atoms. The van der Waals surface area contributed by atoms with Crippen LogP contribution in [0.2, 0.25) is 18.1 Å². The van der Waals surface area contributed by atoms with Crippen molar-refractivity contribution >= 4 is 20.4 Å². The van der Waals surface area contributed by atoms with Gasteiger partial charge in [0.05, 0.1) is 24.3 Å². The zero-order valence-electron chi connectivity index (χ0n) is 17.6. The van der Waals surface area contributed by atoms with Crippen LogP contribution in [-0.4, -0.2) is 25.6 Å². The van der Waals surface area contributed by atoms with Crippen LogP contribution in [-0.2, 0) is 8.76 Å². The molecule has 0 heterocycles. The summed E-state index contributed by atoms with van der Waals surface area (Å²) in [6.45, 7) is 15.5. The van der Waals surface area contributed by atoms with Crippen molar-refractivity contribution in [1.82, 2.24) is 0 Å². The first-order valence-electron chi connectivity index (χ1n) is 9.64. The Morgan fingerprint density at radius 1 is 1.11 bits per heavy atom. The minimum Gasteiger partial charge on any atom is -0.413 e. The molecular formula is C21H34O4SSi. The van der Waals surface area contributed by atoms with Crippen LogP contribution in [0.3, 0.4) is 0 Å². The van der Waals surface area contributed by atoms with Crippen LogP contribution in [0.5, 0.6) is 5.75 Å². The number of aliphatic hydroxyl groups excluding tert-OH is 1. The summed E-state index contributed by atoms with van der Waals surface area (Å²) >= 11 is 1.18. The normalized spacial score (nSPS) is 27.0. The molecule has 0 radical (unpaired) electrons. The van der Waals surface area contributed by atoms with Gasteiger partial charge in [0, 0.05) is 23.2 Å². The lowest BCUT2D eigenvalue weighted by atomic mass is 9.91. The maximum Gasteiger partial charge on any atom is 0.192 e. The van der Waals surface area contributed by atoms with E-state index in [4.69, 9.17) is 13.6 Å². The van der Waals surface area contributed by atoms with Gasteiger partial charge in [0.1, 0.15) is 0 Å². The Hall–Kier alpha value is -0.793. The van der Waals surface area contributed by atoms with Crippen molar-refractivity contribution < 1.29 is 18.8 Å². The van der Waals surface area contributed by atoms with Gasteiger partial charge in [0.2, 0.25) is 0 Å². The number of aliphatic hydroxyl groups is 1. The maximum atomic E-state index is 10.7. The Bertz CT molecular complexity index is 627. The molecule has 4 nitrogen and oxygen atoms in total. The molecule has 0 unspecified atom stereocenters. The molecule has 0 fully saturated rings. The first-order chi connectivity index (χ1) is 12.5. The van der Waals surface area contributed by atoms with E-state index in [1.165, 1.54) is 12.0 Å². The summed E-state index contributed by atoms with van der Waals surface area (Å²) in [6.07, 6.45) is 2.23. The molecule has 27 heavy (non-hydrogen) atoms. The summed E-state index contributed by atoms with van der Waals surface area (Å²) in [7, 11) is -1.92. The van der Waals surface area contributed by atoms with Gasteiger partial charge in [0.25, 0.3) is 0 Å². The second-order valence-corrected chi connectivity index (χ2v) is 14.6. The summed E-state index contributed by atoms with van der Waals surface area (Å²) in [5.41, 5.74) is 0. The van der Waals surface area contributed by atoms with Crippen molar-refractivity contribution in [2.45, 2.75) is 71.4 Å². The molecule has 0 saturated heterocycles. The van der Waals surface area contributed by atoms with Crippen LogP contribution in [0, 0.1) is 11.8 Å². The molecule has 2 rings (SSSR count). The van der Waals surface area contributed by atoms with Crippen molar-refractivity contribution in [1.29, 1.82) is 0 Å². The van der Waals surface area contributed by atoms with Crippen molar-refractivity contribution in [3.8, 4) is 5.75 Å². The van der Waals surface area contributed by atoms with E-state index in [-0.39, 0.29) is 23.0 Å². The number of para-hydroxylation sites is 1. The number of hydrogen-bond donors (Lipinski definition) is 1. The van der Waals surface area contributed by atoms with E-state index in [0.29, 0.717) is 12.2 Å². The van der Waals surface area contributed by atoms with E-state index in [1.54, 1.807) is 0 Å². The van der Waals surface area contributed by atoms with Crippen LogP contribution in [0.4, 0.5) is 0 Å². The lowest BCUT2D eigenvalue weighted by molar-refractivity contribution is -0.0770. The van der Waals surface area contributed by atoms with Gasteiger partial charge in [-0.25, -0.2) is 0 Å². The highest BCUT2D eigenvalue weighted by atomic mass is 32.2. The highest BCUT2D eigenvalue weighted by Crippen LogP contribution is 2.42. The Morgan fingerprint density at radius 2 is 1.74 bits per heavy atom. The van der Waals surface area contributed by atoms with E-state index < -0.39 is 14.4 Å². The van der Waals surface area contributed by atoms with Crippen LogP contribution < -0.4 is 4.89 Å². The lowest BCUT2D eigenvalue weighted by Gasteiger charge is -2.42. The number of benzene rings is 1. The van der Waals surface area contributed by atoms with Crippen LogP contribution >= 0.6 is 12.0 Å². The van der Waals surface area contributed by atoms with Gasteiger partial charge in [-0.15, -0.1) is 4.33 Å². The first-order valence-corrected chi connectivity index (χ1v) is 13.3. The molecule has 1 aliphatic rings. The minimum absolute atomic E-state index is 0.00552. The molecule has 0 bridgehead atoms. The fourth-order valence-electron chi connectivity index (χ4n) is 2.92. The zero-order chi connectivity index (χ0) is 20.2. The van der Waals surface area contributed by atoms with Gasteiger partial charge in [0.15, 0.2) is 14.1 Å². The third kappa shape index (κ3) is 6.09. The molecule has 0 saturated carbocycles. The van der Waals surface area contributed by atoms with Crippen molar-refractivity contribution in [3.05, 3.63) is 41.3 Å². The van der Waals surface area contributed by atoms with E-state index in [1.807, 2.05) is 30.3 Å².